The first-order valence-corrected chi connectivity index (χ1v) is 3.38. The van der Waals surface area contributed by atoms with Crippen molar-refractivity contribution in [3.8, 4) is 0 Å². The maximum Gasteiger partial charge on any atom is 0.305 e. The maximum atomic E-state index is 10.6. The Morgan fingerprint density at radius 3 is 2.55 bits per heavy atom. The fourth-order valence-electron chi connectivity index (χ4n) is 0.601. The van der Waals surface area contributed by atoms with Gasteiger partial charge in [0, 0.05) is 6.42 Å². The number of carbonyl (C=O) groups excluding carboxylic acids is 2. The molecule has 0 heterocycles. The summed E-state index contributed by atoms with van der Waals surface area (Å²) >= 11 is 0. The Labute approximate surface area is 66.0 Å². The smallest absolute Gasteiger partial charge is 0.305 e. The van der Waals surface area contributed by atoms with Gasteiger partial charge in [0.2, 0.25) is 0 Å². The molecule has 3 nitrogen and oxygen atoms in total. The molecular formula is C8H12O3. The monoisotopic (exact) mass is 156 g/mol. The number of carbonyl (C=O) groups is 2. The lowest BCUT2D eigenvalue weighted by Crippen LogP contribution is -1.99. The van der Waals surface area contributed by atoms with Crippen LogP contribution in [0.1, 0.15) is 19.8 Å². The zero-order valence-corrected chi connectivity index (χ0v) is 6.79. The highest BCUT2D eigenvalue weighted by Gasteiger charge is 1.99. The second-order valence-electron chi connectivity index (χ2n) is 2.23. The van der Waals surface area contributed by atoms with Crippen LogP contribution >= 0.6 is 0 Å². The molecule has 0 N–H and O–H groups in total. The Bertz CT molecular complexity index is 170. The summed E-state index contributed by atoms with van der Waals surface area (Å²) in [5.41, 5.74) is 0.894. The van der Waals surface area contributed by atoms with Gasteiger partial charge >= 0.3 is 5.97 Å². The number of hydrogen-bond acceptors (Lipinski definition) is 3. The van der Waals surface area contributed by atoms with Gasteiger partial charge in [-0.05, 0) is 19.4 Å². The molecule has 0 radical (unpaired) electrons. The van der Waals surface area contributed by atoms with Crippen molar-refractivity contribution in [2.24, 2.45) is 0 Å². The van der Waals surface area contributed by atoms with Gasteiger partial charge in [-0.25, -0.2) is 0 Å². The minimum absolute atomic E-state index is 0.247. The first-order chi connectivity index (χ1) is 5.20. The third-order valence-corrected chi connectivity index (χ3v) is 1.30. The van der Waals surface area contributed by atoms with E-state index in [1.807, 2.05) is 0 Å². The van der Waals surface area contributed by atoms with Gasteiger partial charge in [-0.2, -0.15) is 0 Å². The molecule has 3 heteroatoms. The Kier molecular flexibility index (Phi) is 5.07. The van der Waals surface area contributed by atoms with Crippen molar-refractivity contribution in [3.63, 3.8) is 0 Å². The Morgan fingerprint density at radius 2 is 2.09 bits per heavy atom. The van der Waals surface area contributed by atoms with Crippen molar-refractivity contribution in [1.29, 1.82) is 0 Å². The van der Waals surface area contributed by atoms with E-state index in [4.69, 9.17) is 0 Å². The molecule has 11 heavy (non-hydrogen) atoms. The summed E-state index contributed by atoms with van der Waals surface area (Å²) in [4.78, 5) is 20.5. The van der Waals surface area contributed by atoms with Gasteiger partial charge in [-0.15, -0.1) is 0 Å². The zero-order valence-electron chi connectivity index (χ0n) is 6.79. The van der Waals surface area contributed by atoms with Gasteiger partial charge in [-0.3, -0.25) is 9.59 Å². The average molecular weight is 156 g/mol. The summed E-state index contributed by atoms with van der Waals surface area (Å²) in [5.74, 6) is -0.247. The summed E-state index contributed by atoms with van der Waals surface area (Å²) in [5, 5.41) is 0. The molecule has 62 valence electrons. The highest BCUT2D eigenvalue weighted by molar-refractivity contribution is 5.70. The van der Waals surface area contributed by atoms with Crippen molar-refractivity contribution < 1.29 is 14.3 Å². The van der Waals surface area contributed by atoms with Gasteiger partial charge in [0.05, 0.1) is 7.11 Å². The molecule has 0 rings (SSSR count). The summed E-state index contributed by atoms with van der Waals surface area (Å²) < 4.78 is 4.42. The number of methoxy groups -OCH3 is 1. The standard InChI is InChI=1S/C8H12O3/c1-7(5-6-9)3-4-8(10)11-2/h5-6H,3-4H2,1-2H3/b7-5+. The summed E-state index contributed by atoms with van der Waals surface area (Å²) in [7, 11) is 1.35. The fraction of sp³-hybridized carbons (Fsp3) is 0.500. The maximum absolute atomic E-state index is 10.6. The van der Waals surface area contributed by atoms with Crippen LogP contribution < -0.4 is 0 Å². The van der Waals surface area contributed by atoms with Crippen LogP contribution in [-0.4, -0.2) is 19.4 Å². The third-order valence-electron chi connectivity index (χ3n) is 1.30. The predicted octanol–water partition coefficient (Wildman–Crippen LogP) is 1.08. The lowest BCUT2D eigenvalue weighted by molar-refractivity contribution is -0.140. The van der Waals surface area contributed by atoms with E-state index in [-0.39, 0.29) is 5.97 Å². The highest BCUT2D eigenvalue weighted by atomic mass is 16.5. The van der Waals surface area contributed by atoms with E-state index in [0.717, 1.165) is 5.57 Å². The average Bonchev–Trinajstić information content (AvgIpc) is 2.01. The fourth-order valence-corrected chi connectivity index (χ4v) is 0.601. The van der Waals surface area contributed by atoms with Crippen LogP contribution in [0.4, 0.5) is 0 Å². The van der Waals surface area contributed by atoms with Gasteiger partial charge in [0.1, 0.15) is 6.29 Å². The van der Waals surface area contributed by atoms with Crippen molar-refractivity contribution >= 4 is 12.3 Å². The van der Waals surface area contributed by atoms with Crippen LogP contribution in [0.5, 0.6) is 0 Å². The van der Waals surface area contributed by atoms with E-state index in [1.54, 1.807) is 6.92 Å². The van der Waals surface area contributed by atoms with E-state index in [9.17, 15) is 9.59 Å². The van der Waals surface area contributed by atoms with Gasteiger partial charge in [-0.1, -0.05) is 5.57 Å². The van der Waals surface area contributed by atoms with E-state index in [0.29, 0.717) is 19.1 Å². The van der Waals surface area contributed by atoms with Crippen molar-refractivity contribution in [2.75, 3.05) is 7.11 Å². The number of ether oxygens (including phenoxy) is 1. The topological polar surface area (TPSA) is 43.4 Å². The summed E-state index contributed by atoms with van der Waals surface area (Å²) in [6, 6.07) is 0. The van der Waals surface area contributed by atoms with E-state index in [1.165, 1.54) is 13.2 Å². The molecule has 0 atom stereocenters. The summed E-state index contributed by atoms with van der Waals surface area (Å²) in [6.45, 7) is 1.80. The van der Waals surface area contributed by atoms with Gasteiger partial charge in [0.15, 0.2) is 0 Å². The SMILES string of the molecule is COC(=O)CC/C(C)=C/C=O. The molecule has 0 spiro atoms. The normalized spacial score (nSPS) is 10.9. The molecule has 0 saturated heterocycles. The van der Waals surface area contributed by atoms with Gasteiger partial charge in [0.25, 0.3) is 0 Å². The number of hydrogen-bond donors (Lipinski definition) is 0. The largest absolute Gasteiger partial charge is 0.469 e. The molecule has 0 aromatic carbocycles. The molecule has 0 fully saturated rings. The minimum atomic E-state index is -0.247. The van der Waals surface area contributed by atoms with Crippen LogP contribution in [0, 0.1) is 0 Å². The van der Waals surface area contributed by atoms with Gasteiger partial charge < -0.3 is 4.74 Å². The number of allylic oxidation sites excluding steroid dienone is 2. The van der Waals surface area contributed by atoms with Crippen molar-refractivity contribution in [3.05, 3.63) is 11.6 Å². The van der Waals surface area contributed by atoms with Crippen LogP contribution in [0.3, 0.4) is 0 Å². The Morgan fingerprint density at radius 1 is 1.45 bits per heavy atom. The molecule has 0 amide bonds. The number of rotatable bonds is 4. The molecule has 0 aromatic rings. The second-order valence-corrected chi connectivity index (χ2v) is 2.23. The lowest BCUT2D eigenvalue weighted by Gasteiger charge is -1.97. The highest BCUT2D eigenvalue weighted by Crippen LogP contribution is 2.02. The van der Waals surface area contributed by atoms with E-state index >= 15 is 0 Å². The zero-order chi connectivity index (χ0) is 8.69. The van der Waals surface area contributed by atoms with E-state index in [2.05, 4.69) is 4.74 Å². The molecule has 0 aromatic heterocycles. The van der Waals surface area contributed by atoms with Crippen LogP contribution in [0.15, 0.2) is 11.6 Å². The van der Waals surface area contributed by atoms with Crippen LogP contribution in [0.2, 0.25) is 0 Å². The minimum Gasteiger partial charge on any atom is -0.469 e. The molecule has 0 saturated carbocycles. The lowest BCUT2D eigenvalue weighted by atomic mass is 10.1. The number of aldehydes is 1. The van der Waals surface area contributed by atoms with Crippen molar-refractivity contribution in [1.82, 2.24) is 0 Å². The first kappa shape index (κ1) is 9.88. The third kappa shape index (κ3) is 5.33. The molecule has 0 aliphatic carbocycles. The Balaban J connectivity index is 3.61. The Hall–Kier alpha value is -1.12. The number of esters is 1. The molecule has 0 unspecified atom stereocenters. The predicted molar refractivity (Wildman–Crippen MR) is 41.1 cm³/mol. The van der Waals surface area contributed by atoms with Crippen LogP contribution in [-0.2, 0) is 14.3 Å². The summed E-state index contributed by atoms with van der Waals surface area (Å²) in [6.07, 6.45) is 3.09. The molecular weight excluding hydrogens is 144 g/mol. The molecule has 0 aliphatic rings. The van der Waals surface area contributed by atoms with Crippen molar-refractivity contribution in [2.45, 2.75) is 19.8 Å². The van der Waals surface area contributed by atoms with Crippen LogP contribution in [0.25, 0.3) is 0 Å². The quantitative estimate of drug-likeness (QED) is 0.347. The first-order valence-electron chi connectivity index (χ1n) is 3.38. The molecule has 0 bridgehead atoms. The second kappa shape index (κ2) is 5.65. The molecule has 0 aliphatic heterocycles. The van der Waals surface area contributed by atoms with E-state index < -0.39 is 0 Å².